The smallest absolute Gasteiger partial charge is 0.209 e. The molecule has 1 aromatic carbocycles. The molecule has 8 nitrogen and oxygen atoms in total. The number of thioether (sulfide) groups is 1. The largest absolute Gasteiger partial charge is 0.493 e. The Labute approximate surface area is 150 Å². The first-order valence-electron chi connectivity index (χ1n) is 8.08. The van der Waals surface area contributed by atoms with Crippen molar-refractivity contribution >= 4 is 11.8 Å². The molecule has 3 rings (SSSR count). The van der Waals surface area contributed by atoms with Gasteiger partial charge in [-0.1, -0.05) is 17.8 Å². The summed E-state index contributed by atoms with van der Waals surface area (Å²) in [5.74, 6) is 1.82. The van der Waals surface area contributed by atoms with Crippen LogP contribution in [0.2, 0.25) is 0 Å². The zero-order valence-electron chi connectivity index (χ0n) is 14.3. The predicted molar refractivity (Wildman–Crippen MR) is 92.0 cm³/mol. The van der Waals surface area contributed by atoms with Crippen LogP contribution in [0.4, 0.5) is 0 Å². The predicted octanol–water partition coefficient (Wildman–Crippen LogP) is 1.69. The third-order valence-corrected chi connectivity index (χ3v) is 4.87. The molecule has 1 aliphatic rings. The Balaban J connectivity index is 1.41. The SMILES string of the molecule is COc1ccc(COCC(O)CSc2nnnn2C2CC2)cc1OC. The first-order valence-corrected chi connectivity index (χ1v) is 9.07. The van der Waals surface area contributed by atoms with Crippen molar-refractivity contribution in [3.63, 3.8) is 0 Å². The molecule has 136 valence electrons. The van der Waals surface area contributed by atoms with Gasteiger partial charge in [-0.3, -0.25) is 0 Å². The number of hydrogen-bond acceptors (Lipinski definition) is 8. The minimum atomic E-state index is -0.588. The minimum Gasteiger partial charge on any atom is -0.493 e. The molecule has 1 heterocycles. The summed E-state index contributed by atoms with van der Waals surface area (Å²) in [4.78, 5) is 0. The van der Waals surface area contributed by atoms with Gasteiger partial charge in [0, 0.05) is 5.75 Å². The van der Waals surface area contributed by atoms with Crippen LogP contribution in [0, 0.1) is 0 Å². The number of ether oxygens (including phenoxy) is 3. The minimum absolute atomic E-state index is 0.242. The fourth-order valence-corrected chi connectivity index (χ4v) is 3.18. The monoisotopic (exact) mass is 366 g/mol. The van der Waals surface area contributed by atoms with Crippen molar-refractivity contribution in [2.24, 2.45) is 0 Å². The average Bonchev–Trinajstić information content (AvgIpc) is 3.37. The van der Waals surface area contributed by atoms with E-state index in [0.717, 1.165) is 23.6 Å². The van der Waals surface area contributed by atoms with Crippen molar-refractivity contribution in [3.05, 3.63) is 23.8 Å². The molecular weight excluding hydrogens is 344 g/mol. The third kappa shape index (κ3) is 4.83. The van der Waals surface area contributed by atoms with Crippen molar-refractivity contribution in [1.82, 2.24) is 20.2 Å². The Hall–Kier alpha value is -1.84. The molecule has 1 aromatic heterocycles. The topological polar surface area (TPSA) is 91.5 Å². The van der Waals surface area contributed by atoms with Gasteiger partial charge in [-0.2, -0.15) is 0 Å². The summed E-state index contributed by atoms with van der Waals surface area (Å²) >= 11 is 1.45. The fraction of sp³-hybridized carbons (Fsp3) is 0.562. The Morgan fingerprint density at radius 3 is 2.80 bits per heavy atom. The van der Waals surface area contributed by atoms with E-state index in [9.17, 15) is 5.11 Å². The number of aliphatic hydroxyl groups excluding tert-OH is 1. The number of methoxy groups -OCH3 is 2. The molecule has 0 amide bonds. The summed E-state index contributed by atoms with van der Waals surface area (Å²) in [5.41, 5.74) is 0.954. The summed E-state index contributed by atoms with van der Waals surface area (Å²) in [7, 11) is 3.19. The number of hydrogen-bond donors (Lipinski definition) is 1. The van der Waals surface area contributed by atoms with E-state index in [0.29, 0.717) is 29.9 Å². The molecule has 1 unspecified atom stereocenters. The Morgan fingerprint density at radius 1 is 1.28 bits per heavy atom. The second-order valence-corrected chi connectivity index (χ2v) is 6.79. The highest BCUT2D eigenvalue weighted by atomic mass is 32.2. The van der Waals surface area contributed by atoms with Crippen LogP contribution in [0.5, 0.6) is 11.5 Å². The lowest BCUT2D eigenvalue weighted by Crippen LogP contribution is -2.18. The number of tetrazole rings is 1. The van der Waals surface area contributed by atoms with Crippen LogP contribution in [0.15, 0.2) is 23.4 Å². The van der Waals surface area contributed by atoms with Crippen LogP contribution in [0.25, 0.3) is 0 Å². The molecule has 0 aliphatic heterocycles. The summed E-state index contributed by atoms with van der Waals surface area (Å²) in [6.07, 6.45) is 1.65. The average molecular weight is 366 g/mol. The normalized spacial score (nSPS) is 15.2. The van der Waals surface area contributed by atoms with Crippen LogP contribution < -0.4 is 9.47 Å². The van der Waals surface area contributed by atoms with E-state index in [2.05, 4.69) is 15.5 Å². The Morgan fingerprint density at radius 2 is 2.08 bits per heavy atom. The number of aliphatic hydroxyl groups is 1. The van der Waals surface area contributed by atoms with Crippen LogP contribution in [0.1, 0.15) is 24.4 Å². The summed E-state index contributed by atoms with van der Waals surface area (Å²) in [6.45, 7) is 0.633. The molecule has 0 spiro atoms. The van der Waals surface area contributed by atoms with Gasteiger partial charge in [0.15, 0.2) is 11.5 Å². The maximum atomic E-state index is 10.1. The zero-order chi connectivity index (χ0) is 17.6. The van der Waals surface area contributed by atoms with Crippen LogP contribution >= 0.6 is 11.8 Å². The van der Waals surface area contributed by atoms with Crippen molar-refractivity contribution in [2.45, 2.75) is 36.8 Å². The van der Waals surface area contributed by atoms with Crippen LogP contribution in [0.3, 0.4) is 0 Å². The summed E-state index contributed by atoms with van der Waals surface area (Å²) in [5, 5.41) is 22.5. The van der Waals surface area contributed by atoms with Crippen molar-refractivity contribution in [2.75, 3.05) is 26.6 Å². The van der Waals surface area contributed by atoms with Crippen molar-refractivity contribution in [1.29, 1.82) is 0 Å². The quantitative estimate of drug-likeness (QED) is 0.635. The van der Waals surface area contributed by atoms with E-state index < -0.39 is 6.10 Å². The highest BCUT2D eigenvalue weighted by Gasteiger charge is 2.28. The van der Waals surface area contributed by atoms with E-state index >= 15 is 0 Å². The number of rotatable bonds is 10. The van der Waals surface area contributed by atoms with E-state index in [-0.39, 0.29) is 6.61 Å². The molecule has 9 heteroatoms. The molecular formula is C16H22N4O4S. The molecule has 0 saturated heterocycles. The van der Waals surface area contributed by atoms with Gasteiger partial charge in [0.2, 0.25) is 5.16 Å². The summed E-state index contributed by atoms with van der Waals surface area (Å²) < 4.78 is 17.9. The molecule has 25 heavy (non-hydrogen) atoms. The van der Waals surface area contributed by atoms with E-state index in [4.69, 9.17) is 14.2 Å². The molecule has 2 aromatic rings. The van der Waals surface area contributed by atoms with Crippen LogP contribution in [-0.2, 0) is 11.3 Å². The fourth-order valence-electron chi connectivity index (χ4n) is 2.33. The van der Waals surface area contributed by atoms with Gasteiger partial charge < -0.3 is 19.3 Å². The Kier molecular flexibility index (Phi) is 6.11. The number of benzene rings is 1. The zero-order valence-corrected chi connectivity index (χ0v) is 15.1. The highest BCUT2D eigenvalue weighted by Crippen LogP contribution is 2.36. The molecule has 0 bridgehead atoms. The lowest BCUT2D eigenvalue weighted by atomic mass is 10.2. The van der Waals surface area contributed by atoms with Crippen molar-refractivity contribution < 1.29 is 19.3 Å². The summed E-state index contributed by atoms with van der Waals surface area (Å²) in [6, 6.07) is 6.04. The second-order valence-electron chi connectivity index (χ2n) is 5.81. The lowest BCUT2D eigenvalue weighted by molar-refractivity contribution is 0.0397. The second kappa shape index (κ2) is 8.50. The highest BCUT2D eigenvalue weighted by molar-refractivity contribution is 7.99. The number of nitrogens with zero attached hydrogens (tertiary/aromatic N) is 4. The van der Waals surface area contributed by atoms with Gasteiger partial charge in [-0.05, 0) is 41.0 Å². The molecule has 1 fully saturated rings. The van der Waals surface area contributed by atoms with Gasteiger partial charge in [0.05, 0.1) is 39.6 Å². The molecule has 1 N–H and O–H groups in total. The third-order valence-electron chi connectivity index (χ3n) is 3.79. The van der Waals surface area contributed by atoms with E-state index in [1.54, 1.807) is 14.2 Å². The first kappa shape index (κ1) is 18.0. The van der Waals surface area contributed by atoms with Gasteiger partial charge >= 0.3 is 0 Å². The van der Waals surface area contributed by atoms with Gasteiger partial charge in [-0.25, -0.2) is 4.68 Å². The molecule has 1 aliphatic carbocycles. The van der Waals surface area contributed by atoms with Crippen molar-refractivity contribution in [3.8, 4) is 11.5 Å². The van der Waals surface area contributed by atoms with E-state index in [1.807, 2.05) is 22.9 Å². The standard InChI is InChI=1S/C16H22N4O4S/c1-22-14-6-3-11(7-15(14)23-2)8-24-9-13(21)10-25-16-17-18-19-20(16)12-4-5-12/h3,6-7,12-13,21H,4-5,8-10H2,1-2H3. The number of aromatic nitrogens is 4. The maximum Gasteiger partial charge on any atom is 0.209 e. The van der Waals surface area contributed by atoms with Crippen LogP contribution in [-0.4, -0.2) is 58.0 Å². The van der Waals surface area contributed by atoms with Gasteiger partial charge in [-0.15, -0.1) is 5.10 Å². The lowest BCUT2D eigenvalue weighted by Gasteiger charge is -2.12. The maximum absolute atomic E-state index is 10.1. The Bertz CT molecular complexity index is 693. The molecule has 1 atom stereocenters. The molecule has 1 saturated carbocycles. The van der Waals surface area contributed by atoms with E-state index in [1.165, 1.54) is 11.8 Å². The first-order chi connectivity index (χ1) is 12.2. The molecule has 0 radical (unpaired) electrons. The van der Waals surface area contributed by atoms with Gasteiger partial charge in [0.1, 0.15) is 0 Å². The van der Waals surface area contributed by atoms with Gasteiger partial charge in [0.25, 0.3) is 0 Å².